The molecule has 1 aliphatic rings. The van der Waals surface area contributed by atoms with Crippen LogP contribution in [0.5, 0.6) is 0 Å². The molecule has 1 heterocycles. The second kappa shape index (κ2) is 6.91. The second-order valence-corrected chi connectivity index (χ2v) is 4.70. The first-order chi connectivity index (χ1) is 9.31. The van der Waals surface area contributed by atoms with Gasteiger partial charge >= 0.3 is 0 Å². The highest BCUT2D eigenvalue weighted by Gasteiger charge is 2.17. The Morgan fingerprint density at radius 1 is 1.53 bits per heavy atom. The van der Waals surface area contributed by atoms with E-state index in [4.69, 9.17) is 5.11 Å². The number of carbonyl (C=O) groups is 1. The van der Waals surface area contributed by atoms with Gasteiger partial charge in [-0.25, -0.2) is 4.98 Å². The molecule has 1 fully saturated rings. The summed E-state index contributed by atoms with van der Waals surface area (Å²) in [5, 5.41) is 11.6. The monoisotopic (exact) mass is 258 g/mol. The van der Waals surface area contributed by atoms with E-state index in [0.29, 0.717) is 17.8 Å². The lowest BCUT2D eigenvalue weighted by molar-refractivity contribution is 0.0943. The Hall–Kier alpha value is -1.86. The van der Waals surface area contributed by atoms with Crippen molar-refractivity contribution in [2.45, 2.75) is 25.7 Å². The lowest BCUT2D eigenvalue weighted by Crippen LogP contribution is -2.28. The van der Waals surface area contributed by atoms with Gasteiger partial charge in [-0.15, -0.1) is 0 Å². The number of aromatic nitrogens is 1. The van der Waals surface area contributed by atoms with Crippen molar-refractivity contribution in [1.82, 2.24) is 10.3 Å². The first kappa shape index (κ1) is 13.6. The number of hydrogen-bond donors (Lipinski definition) is 2. The van der Waals surface area contributed by atoms with Gasteiger partial charge in [0.25, 0.3) is 5.91 Å². The van der Waals surface area contributed by atoms with Crippen LogP contribution in [0, 0.1) is 17.8 Å². The molecule has 4 heteroatoms. The van der Waals surface area contributed by atoms with Crippen LogP contribution in [0.15, 0.2) is 18.3 Å². The molecule has 0 atom stereocenters. The molecule has 1 amide bonds. The van der Waals surface area contributed by atoms with Gasteiger partial charge in [0.1, 0.15) is 12.3 Å². The second-order valence-electron chi connectivity index (χ2n) is 4.70. The zero-order valence-electron chi connectivity index (χ0n) is 10.9. The molecule has 0 aliphatic heterocycles. The molecule has 0 unspecified atom stereocenters. The molecular formula is C15H18N2O2. The summed E-state index contributed by atoms with van der Waals surface area (Å²) in [7, 11) is 0. The summed E-state index contributed by atoms with van der Waals surface area (Å²) in [4.78, 5) is 16.1. The molecule has 0 spiro atoms. The first-order valence-corrected chi connectivity index (χ1v) is 6.64. The van der Waals surface area contributed by atoms with Crippen molar-refractivity contribution >= 4 is 5.91 Å². The Labute approximate surface area is 113 Å². The van der Waals surface area contributed by atoms with E-state index >= 15 is 0 Å². The Morgan fingerprint density at radius 2 is 2.37 bits per heavy atom. The fraction of sp³-hybridized carbons (Fsp3) is 0.467. The molecule has 0 aromatic carbocycles. The Bertz CT molecular complexity index is 498. The van der Waals surface area contributed by atoms with E-state index in [2.05, 4.69) is 22.1 Å². The molecule has 1 aliphatic carbocycles. The van der Waals surface area contributed by atoms with Crippen molar-refractivity contribution in [1.29, 1.82) is 0 Å². The van der Waals surface area contributed by atoms with Crippen LogP contribution in [0.25, 0.3) is 0 Å². The van der Waals surface area contributed by atoms with Crippen LogP contribution in [-0.2, 0) is 0 Å². The van der Waals surface area contributed by atoms with Gasteiger partial charge in [0.05, 0.1) is 5.56 Å². The normalized spacial score (nSPS) is 14.2. The standard InChI is InChI=1S/C15H18N2O2/c18-11-3-7-13-6-2-9-16-14(13)15(19)17-10-8-12-4-1-5-12/h2,6,9,12,18H,1,4-5,8,10-11H2,(H,17,19). The maximum atomic E-state index is 12.0. The molecule has 1 saturated carbocycles. The van der Waals surface area contributed by atoms with Gasteiger partial charge in [-0.05, 0) is 24.5 Å². The topological polar surface area (TPSA) is 62.2 Å². The smallest absolute Gasteiger partial charge is 0.271 e. The Balaban J connectivity index is 1.93. The van der Waals surface area contributed by atoms with Crippen LogP contribution >= 0.6 is 0 Å². The van der Waals surface area contributed by atoms with Crippen molar-refractivity contribution in [3.63, 3.8) is 0 Å². The lowest BCUT2D eigenvalue weighted by Gasteiger charge is -2.25. The number of nitrogens with one attached hydrogen (secondary N) is 1. The summed E-state index contributed by atoms with van der Waals surface area (Å²) < 4.78 is 0. The van der Waals surface area contributed by atoms with Gasteiger partial charge in [0.2, 0.25) is 0 Å². The Kier molecular flexibility index (Phi) is 4.93. The number of aliphatic hydroxyl groups is 1. The van der Waals surface area contributed by atoms with Gasteiger partial charge in [-0.2, -0.15) is 0 Å². The van der Waals surface area contributed by atoms with Gasteiger partial charge in [0.15, 0.2) is 0 Å². The minimum absolute atomic E-state index is 0.192. The van der Waals surface area contributed by atoms with Crippen molar-refractivity contribution in [3.8, 4) is 11.8 Å². The number of carbonyl (C=O) groups excluding carboxylic acids is 1. The quantitative estimate of drug-likeness (QED) is 0.801. The SMILES string of the molecule is O=C(NCCC1CCC1)c1ncccc1C#CCO. The third kappa shape index (κ3) is 3.80. The number of hydrogen-bond acceptors (Lipinski definition) is 3. The number of rotatable bonds is 4. The fourth-order valence-corrected chi connectivity index (χ4v) is 2.08. The molecule has 1 aromatic rings. The van der Waals surface area contributed by atoms with Gasteiger partial charge in [0, 0.05) is 12.7 Å². The average molecular weight is 258 g/mol. The fourth-order valence-electron chi connectivity index (χ4n) is 2.08. The summed E-state index contributed by atoms with van der Waals surface area (Å²) in [5.74, 6) is 5.86. The van der Waals surface area contributed by atoms with E-state index in [1.165, 1.54) is 19.3 Å². The van der Waals surface area contributed by atoms with Gasteiger partial charge < -0.3 is 10.4 Å². The highest BCUT2D eigenvalue weighted by atomic mass is 16.2. The van der Waals surface area contributed by atoms with E-state index < -0.39 is 0 Å². The van der Waals surface area contributed by atoms with E-state index in [-0.39, 0.29) is 12.5 Å². The third-order valence-electron chi connectivity index (χ3n) is 3.39. The minimum atomic E-state index is -0.225. The minimum Gasteiger partial charge on any atom is -0.384 e. The van der Waals surface area contributed by atoms with E-state index in [0.717, 1.165) is 12.3 Å². The summed E-state index contributed by atoms with van der Waals surface area (Å²) >= 11 is 0. The maximum absolute atomic E-state index is 12.0. The molecule has 100 valence electrons. The largest absolute Gasteiger partial charge is 0.384 e. The highest BCUT2D eigenvalue weighted by Crippen LogP contribution is 2.28. The van der Waals surface area contributed by atoms with Crippen LogP contribution in [0.1, 0.15) is 41.7 Å². The van der Waals surface area contributed by atoms with E-state index in [9.17, 15) is 4.79 Å². The van der Waals surface area contributed by atoms with Crippen LogP contribution in [0.2, 0.25) is 0 Å². The first-order valence-electron chi connectivity index (χ1n) is 6.64. The van der Waals surface area contributed by atoms with Crippen molar-refractivity contribution in [2.75, 3.05) is 13.2 Å². The number of nitrogens with zero attached hydrogens (tertiary/aromatic N) is 1. The number of pyridine rings is 1. The number of aliphatic hydroxyl groups excluding tert-OH is 1. The molecule has 2 rings (SSSR count). The van der Waals surface area contributed by atoms with Gasteiger partial charge in [-0.3, -0.25) is 4.79 Å². The zero-order chi connectivity index (χ0) is 13.5. The van der Waals surface area contributed by atoms with Gasteiger partial charge in [-0.1, -0.05) is 31.1 Å². The molecule has 0 radical (unpaired) electrons. The molecule has 0 saturated heterocycles. The lowest BCUT2D eigenvalue weighted by atomic mass is 9.83. The van der Waals surface area contributed by atoms with E-state index in [1.807, 2.05) is 0 Å². The Morgan fingerprint density at radius 3 is 3.05 bits per heavy atom. The molecule has 2 N–H and O–H groups in total. The molecule has 0 bridgehead atoms. The van der Waals surface area contributed by atoms with Crippen molar-refractivity contribution < 1.29 is 9.90 Å². The van der Waals surface area contributed by atoms with Crippen LogP contribution in [0.3, 0.4) is 0 Å². The molecular weight excluding hydrogens is 240 g/mol. The zero-order valence-corrected chi connectivity index (χ0v) is 10.9. The molecule has 19 heavy (non-hydrogen) atoms. The van der Waals surface area contributed by atoms with Crippen LogP contribution in [-0.4, -0.2) is 29.1 Å². The summed E-state index contributed by atoms with van der Waals surface area (Å²) in [5.41, 5.74) is 0.884. The van der Waals surface area contributed by atoms with Crippen molar-refractivity contribution in [3.05, 3.63) is 29.6 Å². The van der Waals surface area contributed by atoms with E-state index in [1.54, 1.807) is 18.3 Å². The number of amides is 1. The average Bonchev–Trinajstić information content (AvgIpc) is 2.39. The van der Waals surface area contributed by atoms with Crippen LogP contribution < -0.4 is 5.32 Å². The predicted octanol–water partition coefficient (Wildman–Crippen LogP) is 1.35. The predicted molar refractivity (Wildman–Crippen MR) is 72.5 cm³/mol. The molecule has 1 aromatic heterocycles. The maximum Gasteiger partial charge on any atom is 0.271 e. The van der Waals surface area contributed by atoms with Crippen LogP contribution in [0.4, 0.5) is 0 Å². The summed E-state index contributed by atoms with van der Waals surface area (Å²) in [6, 6.07) is 3.46. The van der Waals surface area contributed by atoms with Crippen molar-refractivity contribution in [2.24, 2.45) is 5.92 Å². The summed E-state index contributed by atoms with van der Waals surface area (Å²) in [6.07, 6.45) is 6.50. The molecule has 4 nitrogen and oxygen atoms in total. The summed E-state index contributed by atoms with van der Waals surface area (Å²) in [6.45, 7) is 0.463. The third-order valence-corrected chi connectivity index (χ3v) is 3.39. The highest BCUT2D eigenvalue weighted by molar-refractivity contribution is 5.94.